The highest BCUT2D eigenvalue weighted by atomic mass is 32.1. The number of aryl methyl sites for hydroxylation is 4. The number of benzene rings is 2. The molecule has 35 heavy (non-hydrogen) atoms. The molecule has 0 saturated heterocycles. The van der Waals surface area contributed by atoms with Gasteiger partial charge in [-0.2, -0.15) is 0 Å². The van der Waals surface area contributed by atoms with Gasteiger partial charge in [-0.15, -0.1) is 11.3 Å². The Labute approximate surface area is 208 Å². The van der Waals surface area contributed by atoms with Crippen molar-refractivity contribution in [1.29, 1.82) is 0 Å². The van der Waals surface area contributed by atoms with E-state index in [4.69, 9.17) is 4.98 Å². The van der Waals surface area contributed by atoms with Gasteiger partial charge in [-0.25, -0.2) is 9.97 Å². The van der Waals surface area contributed by atoms with Gasteiger partial charge < -0.3 is 9.88 Å². The molecule has 3 heterocycles. The van der Waals surface area contributed by atoms with Crippen LogP contribution in [0.3, 0.4) is 0 Å². The highest BCUT2D eigenvalue weighted by molar-refractivity contribution is 7.18. The Morgan fingerprint density at radius 3 is 2.77 bits per heavy atom. The normalized spacial score (nSPS) is 15.6. The average molecular weight is 484 g/mol. The summed E-state index contributed by atoms with van der Waals surface area (Å²) in [5.41, 5.74) is 4.80. The standard InChI is InChI=1S/C28H29N5OS/c1-32-23-10-6-5-9-22(23)31-25(32)13-15-29-20-11-12-21-24(17-20)35-27-26(21)28(34)33(18-30-27)16-14-19-7-3-2-4-8-19/h2-10,18,20,29H,11-17H2,1H3. The van der Waals surface area contributed by atoms with E-state index in [9.17, 15) is 4.79 Å². The topological polar surface area (TPSA) is 64.7 Å². The molecule has 178 valence electrons. The van der Waals surface area contributed by atoms with Crippen molar-refractivity contribution in [3.8, 4) is 0 Å². The lowest BCUT2D eigenvalue weighted by molar-refractivity contribution is 0.463. The molecule has 2 aromatic carbocycles. The quantitative estimate of drug-likeness (QED) is 0.375. The zero-order valence-corrected chi connectivity index (χ0v) is 20.7. The maximum Gasteiger partial charge on any atom is 0.262 e. The minimum Gasteiger partial charge on any atom is -0.331 e. The molecule has 3 aromatic heterocycles. The maximum absolute atomic E-state index is 13.3. The molecular weight excluding hydrogens is 454 g/mol. The number of hydrogen-bond donors (Lipinski definition) is 1. The Morgan fingerprint density at radius 2 is 1.91 bits per heavy atom. The zero-order chi connectivity index (χ0) is 23.8. The Hall–Kier alpha value is -3.29. The van der Waals surface area contributed by atoms with E-state index >= 15 is 0 Å². The summed E-state index contributed by atoms with van der Waals surface area (Å²) in [6.07, 6.45) is 6.38. The Kier molecular flexibility index (Phi) is 5.96. The SMILES string of the molecule is Cn1c(CCNC2CCc3c(sc4ncn(CCc5ccccc5)c(=O)c34)C2)nc2ccccc21. The van der Waals surface area contributed by atoms with E-state index in [2.05, 4.69) is 52.2 Å². The van der Waals surface area contributed by atoms with Crippen molar-refractivity contribution in [2.24, 2.45) is 7.05 Å². The third kappa shape index (κ3) is 4.30. The summed E-state index contributed by atoms with van der Waals surface area (Å²) in [6.45, 7) is 1.55. The largest absolute Gasteiger partial charge is 0.331 e. The first-order valence-corrected chi connectivity index (χ1v) is 13.2. The summed E-state index contributed by atoms with van der Waals surface area (Å²) >= 11 is 1.70. The molecule has 0 aliphatic heterocycles. The van der Waals surface area contributed by atoms with Gasteiger partial charge in [0.15, 0.2) is 0 Å². The van der Waals surface area contributed by atoms with Gasteiger partial charge >= 0.3 is 0 Å². The number of nitrogens with one attached hydrogen (secondary N) is 1. The molecule has 0 bridgehead atoms. The van der Waals surface area contributed by atoms with Crippen molar-refractivity contribution < 1.29 is 0 Å². The molecule has 0 fully saturated rings. The minimum absolute atomic E-state index is 0.108. The molecule has 7 heteroatoms. The van der Waals surface area contributed by atoms with Gasteiger partial charge in [-0.3, -0.25) is 9.36 Å². The number of thiophene rings is 1. The van der Waals surface area contributed by atoms with E-state index in [-0.39, 0.29) is 5.56 Å². The monoisotopic (exact) mass is 483 g/mol. The first-order valence-electron chi connectivity index (χ1n) is 12.3. The van der Waals surface area contributed by atoms with Crippen molar-refractivity contribution in [2.75, 3.05) is 6.54 Å². The Balaban J connectivity index is 1.13. The maximum atomic E-state index is 13.3. The highest BCUT2D eigenvalue weighted by Crippen LogP contribution is 2.33. The van der Waals surface area contributed by atoms with Gasteiger partial charge in [0.25, 0.3) is 5.56 Å². The van der Waals surface area contributed by atoms with Gasteiger partial charge in [-0.05, 0) is 48.9 Å². The predicted molar refractivity (Wildman–Crippen MR) is 142 cm³/mol. The number of rotatable bonds is 7. The molecule has 0 saturated carbocycles. The van der Waals surface area contributed by atoms with Crippen LogP contribution >= 0.6 is 11.3 Å². The van der Waals surface area contributed by atoms with Crippen molar-refractivity contribution >= 4 is 32.6 Å². The second kappa shape index (κ2) is 9.40. The Morgan fingerprint density at radius 1 is 1.09 bits per heavy atom. The molecule has 1 N–H and O–H groups in total. The fourth-order valence-electron chi connectivity index (χ4n) is 5.24. The van der Waals surface area contributed by atoms with Crippen LogP contribution < -0.4 is 10.9 Å². The van der Waals surface area contributed by atoms with Crippen molar-refractivity contribution in [3.05, 3.63) is 93.1 Å². The number of imidazole rings is 1. The van der Waals surface area contributed by atoms with Gasteiger partial charge in [0.1, 0.15) is 10.7 Å². The predicted octanol–water partition coefficient (Wildman–Crippen LogP) is 4.28. The van der Waals surface area contributed by atoms with E-state index in [1.54, 1.807) is 22.2 Å². The molecule has 6 rings (SSSR count). The smallest absolute Gasteiger partial charge is 0.262 e. The lowest BCUT2D eigenvalue weighted by atomic mass is 9.93. The van der Waals surface area contributed by atoms with Crippen LogP contribution in [0.25, 0.3) is 21.3 Å². The summed E-state index contributed by atoms with van der Waals surface area (Å²) in [6, 6.07) is 19.0. The summed E-state index contributed by atoms with van der Waals surface area (Å²) in [7, 11) is 2.09. The number of aromatic nitrogens is 4. The number of nitrogens with zero attached hydrogens (tertiary/aromatic N) is 4. The molecule has 1 aliphatic carbocycles. The summed E-state index contributed by atoms with van der Waals surface area (Å²) in [4.78, 5) is 25.0. The number of para-hydroxylation sites is 2. The summed E-state index contributed by atoms with van der Waals surface area (Å²) < 4.78 is 3.97. The van der Waals surface area contributed by atoms with E-state index in [0.29, 0.717) is 12.6 Å². The highest BCUT2D eigenvalue weighted by Gasteiger charge is 2.25. The number of fused-ring (bicyclic) bond motifs is 4. The lowest BCUT2D eigenvalue weighted by Gasteiger charge is -2.23. The third-order valence-corrected chi connectivity index (χ3v) is 8.34. The van der Waals surface area contributed by atoms with Crippen LogP contribution in [0.4, 0.5) is 0 Å². The van der Waals surface area contributed by atoms with E-state index in [1.165, 1.54) is 21.5 Å². The van der Waals surface area contributed by atoms with E-state index in [0.717, 1.165) is 60.2 Å². The van der Waals surface area contributed by atoms with Gasteiger partial charge in [-0.1, -0.05) is 42.5 Å². The van der Waals surface area contributed by atoms with Crippen LogP contribution in [0.15, 0.2) is 65.7 Å². The van der Waals surface area contributed by atoms with Gasteiger partial charge in [0, 0.05) is 37.5 Å². The van der Waals surface area contributed by atoms with Gasteiger partial charge in [0.05, 0.1) is 22.7 Å². The molecule has 1 atom stereocenters. The fourth-order valence-corrected chi connectivity index (χ4v) is 6.49. The number of hydrogen-bond acceptors (Lipinski definition) is 5. The van der Waals surface area contributed by atoms with E-state index < -0.39 is 0 Å². The van der Waals surface area contributed by atoms with Crippen LogP contribution in [-0.4, -0.2) is 31.7 Å². The van der Waals surface area contributed by atoms with Crippen LogP contribution in [0.2, 0.25) is 0 Å². The van der Waals surface area contributed by atoms with Crippen molar-refractivity contribution in [1.82, 2.24) is 24.4 Å². The molecule has 0 radical (unpaired) electrons. The van der Waals surface area contributed by atoms with E-state index in [1.807, 2.05) is 24.3 Å². The van der Waals surface area contributed by atoms with Crippen LogP contribution in [0.1, 0.15) is 28.2 Å². The van der Waals surface area contributed by atoms with Crippen LogP contribution in [0.5, 0.6) is 0 Å². The Bertz CT molecular complexity index is 1550. The van der Waals surface area contributed by atoms with Crippen LogP contribution in [0, 0.1) is 0 Å². The molecule has 6 nitrogen and oxygen atoms in total. The molecule has 1 unspecified atom stereocenters. The fraction of sp³-hybridized carbons (Fsp3) is 0.321. The second-order valence-electron chi connectivity index (χ2n) is 9.38. The van der Waals surface area contributed by atoms with Gasteiger partial charge in [0.2, 0.25) is 0 Å². The molecule has 0 amide bonds. The van der Waals surface area contributed by atoms with Crippen LogP contribution in [-0.2, 0) is 39.3 Å². The second-order valence-corrected chi connectivity index (χ2v) is 10.5. The first kappa shape index (κ1) is 22.2. The molecule has 1 aliphatic rings. The lowest BCUT2D eigenvalue weighted by Crippen LogP contribution is -2.35. The first-order chi connectivity index (χ1) is 17.2. The summed E-state index contributed by atoms with van der Waals surface area (Å²) in [5, 5.41) is 4.59. The zero-order valence-electron chi connectivity index (χ0n) is 19.9. The molecule has 0 spiro atoms. The average Bonchev–Trinajstić information content (AvgIpc) is 3.42. The summed E-state index contributed by atoms with van der Waals surface area (Å²) in [5.74, 6) is 1.11. The van der Waals surface area contributed by atoms with Crippen molar-refractivity contribution in [2.45, 2.75) is 44.7 Å². The minimum atomic E-state index is 0.108. The molecular formula is C28H29N5OS. The third-order valence-electron chi connectivity index (χ3n) is 7.18. The van der Waals surface area contributed by atoms with Crippen molar-refractivity contribution in [3.63, 3.8) is 0 Å². The molecule has 5 aromatic rings.